The Morgan fingerprint density at radius 2 is 1.86 bits per heavy atom. The lowest BCUT2D eigenvalue weighted by molar-refractivity contribution is 0.512. The number of imidazole rings is 1. The van der Waals surface area contributed by atoms with E-state index >= 15 is 0 Å². The van der Waals surface area contributed by atoms with Gasteiger partial charge >= 0.3 is 0 Å². The van der Waals surface area contributed by atoms with Crippen molar-refractivity contribution < 1.29 is 0 Å². The van der Waals surface area contributed by atoms with Crippen LogP contribution >= 0.6 is 12.4 Å². The molecule has 2 heterocycles. The maximum atomic E-state index is 6.14. The number of halogens is 1. The van der Waals surface area contributed by atoms with Crippen LogP contribution in [0.25, 0.3) is 11.0 Å². The van der Waals surface area contributed by atoms with Crippen LogP contribution in [-0.4, -0.2) is 14.5 Å². The number of anilines is 1. The fourth-order valence-corrected chi connectivity index (χ4v) is 2.97. The van der Waals surface area contributed by atoms with Gasteiger partial charge < -0.3 is 10.3 Å². The third-order valence-electron chi connectivity index (χ3n) is 3.96. The Kier molecular flexibility index (Phi) is 6.66. The van der Waals surface area contributed by atoms with E-state index in [-0.39, 0.29) is 12.4 Å². The van der Waals surface area contributed by atoms with Crippen molar-refractivity contribution in [3.05, 3.63) is 17.1 Å². The summed E-state index contributed by atoms with van der Waals surface area (Å²) in [4.78, 5) is 9.32. The zero-order valence-corrected chi connectivity index (χ0v) is 15.3. The first-order chi connectivity index (χ1) is 9.99. The van der Waals surface area contributed by atoms with Gasteiger partial charge in [-0.1, -0.05) is 34.1 Å². The lowest BCUT2D eigenvalue weighted by Gasteiger charge is -2.14. The number of nitrogens with zero attached hydrogens (tertiary/aromatic N) is 3. The van der Waals surface area contributed by atoms with Crippen LogP contribution in [0.4, 0.5) is 5.82 Å². The van der Waals surface area contributed by atoms with E-state index in [4.69, 9.17) is 10.7 Å². The zero-order valence-electron chi connectivity index (χ0n) is 14.4. The highest BCUT2D eigenvalue weighted by atomic mass is 35.5. The van der Waals surface area contributed by atoms with Crippen molar-refractivity contribution in [2.45, 2.75) is 66.8 Å². The minimum Gasteiger partial charge on any atom is -0.382 e. The first-order valence-electron chi connectivity index (χ1n) is 8.13. The predicted molar refractivity (Wildman–Crippen MR) is 96.8 cm³/mol. The summed E-state index contributed by atoms with van der Waals surface area (Å²) in [6, 6.07) is 0. The van der Waals surface area contributed by atoms with Crippen LogP contribution in [0.15, 0.2) is 0 Å². The lowest BCUT2D eigenvalue weighted by atomic mass is 10.1. The molecule has 2 N–H and O–H groups in total. The number of fused-ring (bicyclic) bond motifs is 1. The monoisotopic (exact) mass is 324 g/mol. The van der Waals surface area contributed by atoms with Gasteiger partial charge in [-0.25, -0.2) is 9.97 Å². The van der Waals surface area contributed by atoms with E-state index < -0.39 is 0 Å². The number of nitrogen functional groups attached to an aromatic ring is 1. The molecule has 2 aromatic heterocycles. The number of unbranched alkanes of at least 4 members (excludes halogenated alkanes) is 1. The van der Waals surface area contributed by atoms with Crippen LogP contribution < -0.4 is 5.73 Å². The van der Waals surface area contributed by atoms with E-state index in [0.717, 1.165) is 42.8 Å². The van der Waals surface area contributed by atoms with E-state index in [1.807, 2.05) is 6.92 Å². The molecule has 0 aliphatic carbocycles. The maximum absolute atomic E-state index is 6.14. The summed E-state index contributed by atoms with van der Waals surface area (Å²) in [6.07, 6.45) is 4.32. The van der Waals surface area contributed by atoms with E-state index in [9.17, 15) is 0 Å². The molecule has 22 heavy (non-hydrogen) atoms. The molecule has 0 fully saturated rings. The molecule has 0 spiro atoms. The minimum atomic E-state index is 0. The van der Waals surface area contributed by atoms with Gasteiger partial charge in [-0.2, -0.15) is 0 Å². The molecule has 0 bridgehead atoms. The van der Waals surface area contributed by atoms with Crippen molar-refractivity contribution >= 4 is 29.3 Å². The molecule has 0 aliphatic rings. The Labute approximate surface area is 139 Å². The van der Waals surface area contributed by atoms with Gasteiger partial charge in [-0.05, 0) is 31.2 Å². The minimum absolute atomic E-state index is 0. The standard InChI is InChI=1S/C17H28N4.ClH/c1-6-8-9-14-20-15-16(21(14)10-11(3)4)13(7-2)12(5)19-17(15)18;/h11H,6-10H2,1-5H3,(H2,18,19);1H. The normalized spacial score (nSPS) is 11.2. The molecular weight excluding hydrogens is 296 g/mol. The van der Waals surface area contributed by atoms with Gasteiger partial charge in [0.15, 0.2) is 5.82 Å². The highest BCUT2D eigenvalue weighted by molar-refractivity contribution is 5.88. The summed E-state index contributed by atoms with van der Waals surface area (Å²) in [5.74, 6) is 2.32. The van der Waals surface area contributed by atoms with Gasteiger partial charge in [-0.15, -0.1) is 12.4 Å². The summed E-state index contributed by atoms with van der Waals surface area (Å²) in [6.45, 7) is 11.9. The van der Waals surface area contributed by atoms with Gasteiger partial charge in [0.2, 0.25) is 0 Å². The molecule has 0 amide bonds. The molecule has 4 nitrogen and oxygen atoms in total. The Hall–Kier alpha value is -1.29. The summed E-state index contributed by atoms with van der Waals surface area (Å²) in [5.41, 5.74) is 10.6. The largest absolute Gasteiger partial charge is 0.382 e. The first kappa shape index (κ1) is 18.8. The third-order valence-corrected chi connectivity index (χ3v) is 3.96. The number of rotatable bonds is 6. The van der Waals surface area contributed by atoms with Gasteiger partial charge in [-0.3, -0.25) is 0 Å². The molecule has 0 unspecified atom stereocenters. The van der Waals surface area contributed by atoms with E-state index in [2.05, 4.69) is 37.2 Å². The van der Waals surface area contributed by atoms with Gasteiger partial charge in [0.1, 0.15) is 11.3 Å². The van der Waals surface area contributed by atoms with Crippen LogP contribution in [0.2, 0.25) is 0 Å². The summed E-state index contributed by atoms with van der Waals surface area (Å²) in [5, 5.41) is 0. The fraction of sp³-hybridized carbons (Fsp3) is 0.647. The highest BCUT2D eigenvalue weighted by Gasteiger charge is 2.18. The molecule has 0 atom stereocenters. The number of hydrogen-bond acceptors (Lipinski definition) is 3. The van der Waals surface area contributed by atoms with Crippen molar-refractivity contribution in [3.8, 4) is 0 Å². The quantitative estimate of drug-likeness (QED) is 0.861. The number of nitrogens with two attached hydrogens (primary N) is 1. The van der Waals surface area contributed by atoms with Gasteiger partial charge in [0, 0.05) is 18.7 Å². The number of pyridine rings is 1. The average Bonchev–Trinajstić information content (AvgIpc) is 2.76. The second kappa shape index (κ2) is 7.82. The summed E-state index contributed by atoms with van der Waals surface area (Å²) >= 11 is 0. The Balaban J connectivity index is 0.00000242. The molecule has 0 aromatic carbocycles. The Bertz CT molecular complexity index is 631. The second-order valence-corrected chi connectivity index (χ2v) is 6.25. The van der Waals surface area contributed by atoms with Crippen molar-refractivity contribution in [2.24, 2.45) is 5.92 Å². The first-order valence-corrected chi connectivity index (χ1v) is 8.13. The smallest absolute Gasteiger partial charge is 0.151 e. The van der Waals surface area contributed by atoms with Crippen molar-refractivity contribution in [3.63, 3.8) is 0 Å². The van der Waals surface area contributed by atoms with E-state index in [1.54, 1.807) is 0 Å². The van der Waals surface area contributed by atoms with Crippen LogP contribution in [0.3, 0.4) is 0 Å². The van der Waals surface area contributed by atoms with E-state index in [0.29, 0.717) is 11.7 Å². The van der Waals surface area contributed by atoms with Crippen molar-refractivity contribution in [1.29, 1.82) is 0 Å². The van der Waals surface area contributed by atoms with E-state index in [1.165, 1.54) is 17.5 Å². The molecule has 5 heteroatoms. The molecule has 0 aliphatic heterocycles. The van der Waals surface area contributed by atoms with Crippen LogP contribution in [0.1, 0.15) is 57.6 Å². The molecule has 124 valence electrons. The predicted octanol–water partition coefficient (Wildman–Crippen LogP) is 4.30. The molecule has 2 aromatic rings. The third kappa shape index (κ3) is 3.54. The van der Waals surface area contributed by atoms with Crippen molar-refractivity contribution in [1.82, 2.24) is 14.5 Å². The van der Waals surface area contributed by atoms with Crippen LogP contribution in [-0.2, 0) is 19.4 Å². The average molecular weight is 325 g/mol. The number of aromatic nitrogens is 3. The molecule has 0 saturated heterocycles. The Morgan fingerprint density at radius 3 is 2.41 bits per heavy atom. The molecule has 0 radical (unpaired) electrons. The second-order valence-electron chi connectivity index (χ2n) is 6.25. The van der Waals surface area contributed by atoms with Crippen LogP contribution in [0, 0.1) is 12.8 Å². The lowest BCUT2D eigenvalue weighted by Crippen LogP contribution is -2.10. The molecule has 0 saturated carbocycles. The van der Waals surface area contributed by atoms with Crippen LogP contribution in [0.5, 0.6) is 0 Å². The maximum Gasteiger partial charge on any atom is 0.151 e. The topological polar surface area (TPSA) is 56.7 Å². The SMILES string of the molecule is CCCCc1nc2c(N)nc(C)c(CC)c2n1CC(C)C.Cl. The fourth-order valence-electron chi connectivity index (χ4n) is 2.97. The van der Waals surface area contributed by atoms with Gasteiger partial charge in [0.25, 0.3) is 0 Å². The molecular formula is C17H29ClN4. The Morgan fingerprint density at radius 1 is 1.18 bits per heavy atom. The number of aryl methyl sites for hydroxylation is 3. The summed E-state index contributed by atoms with van der Waals surface area (Å²) in [7, 11) is 0. The van der Waals surface area contributed by atoms with Crippen molar-refractivity contribution in [2.75, 3.05) is 5.73 Å². The zero-order chi connectivity index (χ0) is 15.6. The van der Waals surface area contributed by atoms with Gasteiger partial charge in [0.05, 0.1) is 5.52 Å². The summed E-state index contributed by atoms with van der Waals surface area (Å²) < 4.78 is 2.39. The number of hydrogen-bond donors (Lipinski definition) is 1. The molecule has 2 rings (SSSR count). The highest BCUT2D eigenvalue weighted by Crippen LogP contribution is 2.28.